The maximum Gasteiger partial charge on any atom is 0.123 e. The van der Waals surface area contributed by atoms with Gasteiger partial charge in [0.25, 0.3) is 0 Å². The molecule has 0 aromatic heterocycles. The molecule has 3 nitrogen and oxygen atoms in total. The zero-order valence-corrected chi connectivity index (χ0v) is 11.0. The second-order valence-corrected chi connectivity index (χ2v) is 4.97. The Balaban J connectivity index is 2.30. The van der Waals surface area contributed by atoms with E-state index in [1.54, 1.807) is 0 Å². The maximum absolute atomic E-state index is 13.0. The zero-order chi connectivity index (χ0) is 13.1. The van der Waals surface area contributed by atoms with E-state index in [9.17, 15) is 4.39 Å². The van der Waals surface area contributed by atoms with Gasteiger partial charge in [-0.05, 0) is 31.5 Å². The molecular weight excluding hydrogens is 231 g/mol. The molecule has 4 heteroatoms. The van der Waals surface area contributed by atoms with E-state index in [4.69, 9.17) is 10.5 Å². The van der Waals surface area contributed by atoms with Crippen molar-refractivity contribution >= 4 is 0 Å². The second kappa shape index (κ2) is 5.78. The average Bonchev–Trinajstić information content (AvgIpc) is 2.38. The molecule has 0 saturated carbocycles. The van der Waals surface area contributed by atoms with Crippen LogP contribution in [0.15, 0.2) is 24.3 Å². The smallest absolute Gasteiger partial charge is 0.123 e. The number of nitrogens with two attached hydrogens (primary N) is 1. The van der Waals surface area contributed by atoms with Gasteiger partial charge in [0.2, 0.25) is 0 Å². The zero-order valence-electron chi connectivity index (χ0n) is 11.0. The molecular formula is C14H21FN2O. The van der Waals surface area contributed by atoms with Gasteiger partial charge in [-0.25, -0.2) is 4.39 Å². The molecule has 0 bridgehead atoms. The second-order valence-electron chi connectivity index (χ2n) is 4.97. The van der Waals surface area contributed by atoms with Crippen LogP contribution < -0.4 is 5.73 Å². The van der Waals surface area contributed by atoms with Crippen LogP contribution in [0.5, 0.6) is 0 Å². The molecule has 2 rings (SSSR count). The molecule has 1 aliphatic rings. The number of ether oxygens (including phenoxy) is 1. The number of rotatable bonds is 3. The highest BCUT2D eigenvalue weighted by Crippen LogP contribution is 2.30. The summed E-state index contributed by atoms with van der Waals surface area (Å²) in [5, 5.41) is 0. The summed E-state index contributed by atoms with van der Waals surface area (Å²) in [7, 11) is 0. The van der Waals surface area contributed by atoms with Crippen LogP contribution in [0.25, 0.3) is 0 Å². The van der Waals surface area contributed by atoms with Crippen LogP contribution >= 0.6 is 0 Å². The summed E-state index contributed by atoms with van der Waals surface area (Å²) in [6.45, 7) is 6.39. The predicted molar refractivity (Wildman–Crippen MR) is 69.8 cm³/mol. The molecule has 0 radical (unpaired) electrons. The van der Waals surface area contributed by atoms with Gasteiger partial charge in [0.15, 0.2) is 0 Å². The average molecular weight is 252 g/mol. The lowest BCUT2D eigenvalue weighted by atomic mass is 9.96. The fourth-order valence-corrected chi connectivity index (χ4v) is 2.60. The van der Waals surface area contributed by atoms with Crippen LogP contribution in [0, 0.1) is 5.82 Å². The van der Waals surface area contributed by atoms with Crippen LogP contribution in [0.1, 0.15) is 25.5 Å². The molecule has 100 valence electrons. The Bertz CT molecular complexity index is 380. The third-order valence-electron chi connectivity index (χ3n) is 3.50. The lowest BCUT2D eigenvalue weighted by molar-refractivity contribution is -0.0789. The minimum absolute atomic E-state index is 0.0217. The SMILES string of the molecule is CC(C)N1CCOC(CN)C1c1ccc(F)cc1. The highest BCUT2D eigenvalue weighted by molar-refractivity contribution is 5.22. The largest absolute Gasteiger partial charge is 0.374 e. The van der Waals surface area contributed by atoms with E-state index in [-0.39, 0.29) is 18.0 Å². The third kappa shape index (κ3) is 2.71. The molecule has 18 heavy (non-hydrogen) atoms. The molecule has 1 saturated heterocycles. The number of benzene rings is 1. The van der Waals surface area contributed by atoms with Crippen LogP contribution in [0.3, 0.4) is 0 Å². The predicted octanol–water partition coefficient (Wildman–Crippen LogP) is 1.93. The first-order valence-corrected chi connectivity index (χ1v) is 6.46. The quantitative estimate of drug-likeness (QED) is 0.893. The van der Waals surface area contributed by atoms with Crippen LogP contribution in [-0.2, 0) is 4.74 Å². The monoisotopic (exact) mass is 252 g/mol. The van der Waals surface area contributed by atoms with Crippen molar-refractivity contribution in [2.24, 2.45) is 5.73 Å². The lowest BCUT2D eigenvalue weighted by Gasteiger charge is -2.43. The summed E-state index contributed by atoms with van der Waals surface area (Å²) < 4.78 is 18.8. The van der Waals surface area contributed by atoms with Crippen molar-refractivity contribution in [3.63, 3.8) is 0 Å². The molecule has 1 aromatic rings. The first-order chi connectivity index (χ1) is 8.63. The van der Waals surface area contributed by atoms with Gasteiger partial charge >= 0.3 is 0 Å². The number of hydrogen-bond donors (Lipinski definition) is 1. The molecule has 1 aliphatic heterocycles. The van der Waals surface area contributed by atoms with Crippen molar-refractivity contribution in [2.45, 2.75) is 32.0 Å². The maximum atomic E-state index is 13.0. The fraction of sp³-hybridized carbons (Fsp3) is 0.571. The minimum atomic E-state index is -0.212. The number of morpholine rings is 1. The molecule has 2 unspecified atom stereocenters. The Kier molecular flexibility index (Phi) is 4.32. The lowest BCUT2D eigenvalue weighted by Crippen LogP contribution is -2.50. The van der Waals surface area contributed by atoms with Gasteiger partial charge in [0, 0.05) is 19.1 Å². The highest BCUT2D eigenvalue weighted by atomic mass is 19.1. The van der Waals surface area contributed by atoms with Gasteiger partial charge in [0.1, 0.15) is 5.82 Å². The van der Waals surface area contributed by atoms with Crippen molar-refractivity contribution < 1.29 is 9.13 Å². The Morgan fingerprint density at radius 3 is 2.61 bits per heavy atom. The van der Waals surface area contributed by atoms with Crippen molar-refractivity contribution in [2.75, 3.05) is 19.7 Å². The van der Waals surface area contributed by atoms with Gasteiger partial charge < -0.3 is 10.5 Å². The molecule has 0 aliphatic carbocycles. The summed E-state index contributed by atoms with van der Waals surface area (Å²) >= 11 is 0. The van der Waals surface area contributed by atoms with Gasteiger partial charge in [-0.3, -0.25) is 4.90 Å². The molecule has 2 atom stereocenters. The Labute approximate surface area is 108 Å². The van der Waals surface area contributed by atoms with E-state index in [0.717, 1.165) is 12.1 Å². The Hall–Kier alpha value is -0.970. The van der Waals surface area contributed by atoms with Crippen molar-refractivity contribution in [3.05, 3.63) is 35.6 Å². The highest BCUT2D eigenvalue weighted by Gasteiger charge is 2.33. The fourth-order valence-electron chi connectivity index (χ4n) is 2.60. The van der Waals surface area contributed by atoms with E-state index in [1.165, 1.54) is 12.1 Å². The van der Waals surface area contributed by atoms with Crippen LogP contribution in [0.2, 0.25) is 0 Å². The van der Waals surface area contributed by atoms with Crippen molar-refractivity contribution in [1.29, 1.82) is 0 Å². The van der Waals surface area contributed by atoms with Crippen molar-refractivity contribution in [3.8, 4) is 0 Å². The standard InChI is InChI=1S/C14H21FN2O/c1-10(2)17-7-8-18-13(9-16)14(17)11-3-5-12(15)6-4-11/h3-6,10,13-14H,7-9,16H2,1-2H3. The third-order valence-corrected chi connectivity index (χ3v) is 3.50. The van der Waals surface area contributed by atoms with E-state index < -0.39 is 0 Å². The first kappa shape index (κ1) is 13.5. The van der Waals surface area contributed by atoms with E-state index in [2.05, 4.69) is 18.7 Å². The summed E-state index contributed by atoms with van der Waals surface area (Å²) in [4.78, 5) is 2.37. The van der Waals surface area contributed by atoms with Gasteiger partial charge in [-0.2, -0.15) is 0 Å². The van der Waals surface area contributed by atoms with E-state index in [0.29, 0.717) is 19.2 Å². The molecule has 2 N–H and O–H groups in total. The summed E-state index contributed by atoms with van der Waals surface area (Å²) in [5.41, 5.74) is 6.87. The molecule has 1 heterocycles. The molecule has 0 spiro atoms. The van der Waals surface area contributed by atoms with Gasteiger partial charge in [0.05, 0.1) is 18.8 Å². The summed E-state index contributed by atoms with van der Waals surface area (Å²) in [6.07, 6.45) is -0.0217. The summed E-state index contributed by atoms with van der Waals surface area (Å²) in [6, 6.07) is 7.17. The number of halogens is 1. The van der Waals surface area contributed by atoms with Crippen LogP contribution in [-0.4, -0.2) is 36.7 Å². The number of hydrogen-bond acceptors (Lipinski definition) is 3. The van der Waals surface area contributed by atoms with Crippen molar-refractivity contribution in [1.82, 2.24) is 4.90 Å². The van der Waals surface area contributed by atoms with Crippen LogP contribution in [0.4, 0.5) is 4.39 Å². The molecule has 0 amide bonds. The summed E-state index contributed by atoms with van der Waals surface area (Å²) in [5.74, 6) is -0.212. The molecule has 1 aromatic carbocycles. The van der Waals surface area contributed by atoms with Gasteiger partial charge in [-0.1, -0.05) is 12.1 Å². The number of nitrogens with zero attached hydrogens (tertiary/aromatic N) is 1. The molecule has 1 fully saturated rings. The topological polar surface area (TPSA) is 38.5 Å². The van der Waals surface area contributed by atoms with E-state index in [1.807, 2.05) is 12.1 Å². The minimum Gasteiger partial charge on any atom is -0.374 e. The Morgan fingerprint density at radius 2 is 2.06 bits per heavy atom. The normalized spacial score (nSPS) is 25.6. The Morgan fingerprint density at radius 1 is 1.39 bits per heavy atom. The first-order valence-electron chi connectivity index (χ1n) is 6.46. The van der Waals surface area contributed by atoms with E-state index >= 15 is 0 Å². The van der Waals surface area contributed by atoms with Gasteiger partial charge in [-0.15, -0.1) is 0 Å².